The lowest BCUT2D eigenvalue weighted by Gasteiger charge is -2.11. The van der Waals surface area contributed by atoms with Gasteiger partial charge in [0.05, 0.1) is 36.6 Å². The summed E-state index contributed by atoms with van der Waals surface area (Å²) in [5.74, 6) is 0.450. The van der Waals surface area contributed by atoms with E-state index in [-0.39, 0.29) is 6.61 Å². The van der Waals surface area contributed by atoms with Crippen LogP contribution in [-0.2, 0) is 11.3 Å². The van der Waals surface area contributed by atoms with Crippen molar-refractivity contribution in [3.05, 3.63) is 77.7 Å². The molecule has 4 rings (SSSR count). The van der Waals surface area contributed by atoms with Crippen LogP contribution in [0.25, 0.3) is 16.7 Å². The van der Waals surface area contributed by atoms with Crippen LogP contribution in [0.15, 0.2) is 72.1 Å². The van der Waals surface area contributed by atoms with Gasteiger partial charge in [-0.3, -0.25) is 0 Å². The maximum atomic E-state index is 10.3. The van der Waals surface area contributed by atoms with Crippen LogP contribution in [0, 0.1) is 0 Å². The third-order valence-corrected chi connectivity index (χ3v) is 5.79. The second kappa shape index (κ2) is 9.37. The number of hydrogen-bond acceptors (Lipinski definition) is 6. The SMILES string of the molecule is OC(COCc1ccccc1Cl)CSc1ncnc2c1cnn2-c1ccccc1. The van der Waals surface area contributed by atoms with Crippen molar-refractivity contribution >= 4 is 34.4 Å². The molecule has 1 unspecified atom stereocenters. The summed E-state index contributed by atoms with van der Waals surface area (Å²) >= 11 is 7.57. The lowest BCUT2D eigenvalue weighted by molar-refractivity contribution is 0.0398. The van der Waals surface area contributed by atoms with E-state index in [1.54, 1.807) is 10.9 Å². The van der Waals surface area contributed by atoms with E-state index in [0.717, 1.165) is 27.3 Å². The summed E-state index contributed by atoms with van der Waals surface area (Å²) in [6, 6.07) is 17.3. The first kappa shape index (κ1) is 19.8. The van der Waals surface area contributed by atoms with Crippen LogP contribution in [0.3, 0.4) is 0 Å². The molecule has 0 saturated carbocycles. The van der Waals surface area contributed by atoms with Gasteiger partial charge in [-0.15, -0.1) is 11.8 Å². The van der Waals surface area contributed by atoms with Gasteiger partial charge in [0.2, 0.25) is 0 Å². The zero-order valence-electron chi connectivity index (χ0n) is 15.5. The van der Waals surface area contributed by atoms with Crippen molar-refractivity contribution in [2.45, 2.75) is 17.7 Å². The zero-order chi connectivity index (χ0) is 20.1. The highest BCUT2D eigenvalue weighted by Crippen LogP contribution is 2.26. The van der Waals surface area contributed by atoms with Gasteiger partial charge in [0.1, 0.15) is 11.4 Å². The highest BCUT2D eigenvalue weighted by Gasteiger charge is 2.13. The number of para-hydroxylation sites is 1. The van der Waals surface area contributed by atoms with E-state index < -0.39 is 6.10 Å². The van der Waals surface area contributed by atoms with E-state index in [1.165, 1.54) is 18.1 Å². The first-order valence-corrected chi connectivity index (χ1v) is 10.4. The van der Waals surface area contributed by atoms with Gasteiger partial charge in [0.25, 0.3) is 0 Å². The first-order chi connectivity index (χ1) is 14.2. The third kappa shape index (κ3) is 4.76. The Morgan fingerprint density at radius 2 is 1.86 bits per heavy atom. The molecule has 8 heteroatoms. The van der Waals surface area contributed by atoms with E-state index in [2.05, 4.69) is 15.1 Å². The van der Waals surface area contributed by atoms with Crippen LogP contribution in [-0.4, -0.2) is 43.3 Å². The Balaban J connectivity index is 1.37. The van der Waals surface area contributed by atoms with Gasteiger partial charge >= 0.3 is 0 Å². The van der Waals surface area contributed by atoms with Crippen LogP contribution < -0.4 is 0 Å². The minimum atomic E-state index is -0.628. The molecule has 0 amide bonds. The molecular formula is C21H19ClN4O2S. The third-order valence-electron chi connectivity index (χ3n) is 4.27. The summed E-state index contributed by atoms with van der Waals surface area (Å²) in [7, 11) is 0. The molecule has 29 heavy (non-hydrogen) atoms. The van der Waals surface area contributed by atoms with E-state index in [1.807, 2.05) is 54.6 Å². The van der Waals surface area contributed by atoms with E-state index in [9.17, 15) is 5.11 Å². The molecule has 1 atom stereocenters. The normalized spacial score (nSPS) is 12.3. The second-order valence-electron chi connectivity index (χ2n) is 6.38. The summed E-state index contributed by atoms with van der Waals surface area (Å²) in [5.41, 5.74) is 2.57. The molecule has 0 saturated heterocycles. The van der Waals surface area contributed by atoms with Crippen molar-refractivity contribution in [2.24, 2.45) is 0 Å². The van der Waals surface area contributed by atoms with Crippen molar-refractivity contribution in [1.82, 2.24) is 19.7 Å². The number of hydrogen-bond donors (Lipinski definition) is 1. The number of aliphatic hydroxyl groups excluding tert-OH is 1. The molecule has 2 aromatic carbocycles. The van der Waals surface area contributed by atoms with Crippen molar-refractivity contribution in [3.8, 4) is 5.69 Å². The number of benzene rings is 2. The van der Waals surface area contributed by atoms with E-state index in [4.69, 9.17) is 16.3 Å². The maximum absolute atomic E-state index is 10.3. The monoisotopic (exact) mass is 426 g/mol. The predicted octanol–water partition coefficient (Wildman–Crippen LogP) is 4.14. The van der Waals surface area contributed by atoms with Crippen LogP contribution >= 0.6 is 23.4 Å². The number of halogens is 1. The topological polar surface area (TPSA) is 73.1 Å². The van der Waals surface area contributed by atoms with E-state index >= 15 is 0 Å². The van der Waals surface area contributed by atoms with Crippen molar-refractivity contribution in [1.29, 1.82) is 0 Å². The molecule has 6 nitrogen and oxygen atoms in total. The number of aliphatic hydroxyl groups is 1. The summed E-state index contributed by atoms with van der Waals surface area (Å²) in [6.07, 6.45) is 2.65. The number of aromatic nitrogens is 4. The molecule has 0 radical (unpaired) electrons. The molecule has 4 aromatic rings. The van der Waals surface area contributed by atoms with Crippen LogP contribution in [0.5, 0.6) is 0 Å². The van der Waals surface area contributed by atoms with Crippen molar-refractivity contribution < 1.29 is 9.84 Å². The van der Waals surface area contributed by atoms with Gasteiger partial charge in [-0.25, -0.2) is 14.6 Å². The number of rotatable bonds is 8. The predicted molar refractivity (Wildman–Crippen MR) is 114 cm³/mol. The highest BCUT2D eigenvalue weighted by molar-refractivity contribution is 7.99. The lowest BCUT2D eigenvalue weighted by Crippen LogP contribution is -2.18. The average molecular weight is 427 g/mol. The van der Waals surface area contributed by atoms with Crippen LogP contribution in [0.4, 0.5) is 0 Å². The Kier molecular flexibility index (Phi) is 6.41. The Bertz CT molecular complexity index is 1090. The van der Waals surface area contributed by atoms with Gasteiger partial charge < -0.3 is 9.84 Å². The molecule has 0 spiro atoms. The lowest BCUT2D eigenvalue weighted by atomic mass is 10.2. The quantitative estimate of drug-likeness (QED) is 0.337. The Hall–Kier alpha value is -2.45. The second-order valence-corrected chi connectivity index (χ2v) is 7.80. The number of ether oxygens (including phenoxy) is 1. The molecule has 2 aromatic heterocycles. The Labute approximate surface area is 177 Å². The Morgan fingerprint density at radius 3 is 2.69 bits per heavy atom. The highest BCUT2D eigenvalue weighted by atomic mass is 35.5. The summed E-state index contributed by atoms with van der Waals surface area (Å²) in [5, 5.41) is 17.0. The molecule has 0 fully saturated rings. The van der Waals surface area contributed by atoms with Gasteiger partial charge in [-0.05, 0) is 23.8 Å². The standard InChI is InChI=1S/C21H19ClN4O2S/c22-19-9-5-4-6-15(19)11-28-12-17(27)13-29-21-18-10-25-26(20(18)23-14-24-21)16-7-2-1-3-8-16/h1-10,14,17,27H,11-13H2. The fourth-order valence-electron chi connectivity index (χ4n) is 2.84. The van der Waals surface area contributed by atoms with E-state index in [0.29, 0.717) is 17.4 Å². The smallest absolute Gasteiger partial charge is 0.167 e. The largest absolute Gasteiger partial charge is 0.390 e. The summed E-state index contributed by atoms with van der Waals surface area (Å²) in [4.78, 5) is 8.73. The summed E-state index contributed by atoms with van der Waals surface area (Å²) < 4.78 is 7.39. The van der Waals surface area contributed by atoms with Gasteiger partial charge in [-0.2, -0.15) is 5.10 Å². The zero-order valence-corrected chi connectivity index (χ0v) is 17.1. The van der Waals surface area contributed by atoms with Gasteiger partial charge in [0.15, 0.2) is 5.65 Å². The first-order valence-electron chi connectivity index (χ1n) is 9.08. The molecular weight excluding hydrogens is 408 g/mol. The molecule has 1 N–H and O–H groups in total. The maximum Gasteiger partial charge on any atom is 0.167 e. The minimum Gasteiger partial charge on any atom is -0.390 e. The number of thioether (sulfide) groups is 1. The number of fused-ring (bicyclic) bond motifs is 1. The van der Waals surface area contributed by atoms with Crippen LogP contribution in [0.2, 0.25) is 5.02 Å². The number of nitrogens with zero attached hydrogens (tertiary/aromatic N) is 4. The fraction of sp³-hybridized carbons (Fsp3) is 0.190. The molecule has 0 aliphatic heterocycles. The van der Waals surface area contributed by atoms with Gasteiger partial charge in [0, 0.05) is 10.8 Å². The van der Waals surface area contributed by atoms with Crippen molar-refractivity contribution in [3.63, 3.8) is 0 Å². The minimum absolute atomic E-state index is 0.218. The molecule has 2 heterocycles. The molecule has 0 bridgehead atoms. The fourth-order valence-corrected chi connectivity index (χ4v) is 3.90. The summed E-state index contributed by atoms with van der Waals surface area (Å²) in [6.45, 7) is 0.582. The molecule has 0 aliphatic carbocycles. The molecule has 148 valence electrons. The van der Waals surface area contributed by atoms with Crippen molar-refractivity contribution in [2.75, 3.05) is 12.4 Å². The molecule has 0 aliphatic rings. The van der Waals surface area contributed by atoms with Crippen LogP contribution in [0.1, 0.15) is 5.56 Å². The Morgan fingerprint density at radius 1 is 1.07 bits per heavy atom. The average Bonchev–Trinajstić information content (AvgIpc) is 3.19. The van der Waals surface area contributed by atoms with Gasteiger partial charge in [-0.1, -0.05) is 48.0 Å².